The number of aliphatic carboxylic acids is 1. The Bertz CT molecular complexity index is 1110. The van der Waals surface area contributed by atoms with Crippen molar-refractivity contribution in [2.75, 3.05) is 6.54 Å². The summed E-state index contributed by atoms with van der Waals surface area (Å²) in [5.74, 6) is -1.76. The number of hydrogen-bond donors (Lipinski definition) is 4. The molecule has 39 heavy (non-hydrogen) atoms. The lowest BCUT2D eigenvalue weighted by atomic mass is 9.81. The second-order valence-electron chi connectivity index (χ2n) is 11.0. The number of carboxylic acid groups (broad SMARTS) is 1. The highest BCUT2D eigenvalue weighted by Crippen LogP contribution is 2.29. The summed E-state index contributed by atoms with van der Waals surface area (Å²) >= 11 is 0. The normalized spacial score (nSPS) is 18.7. The van der Waals surface area contributed by atoms with E-state index < -0.39 is 29.7 Å². The van der Waals surface area contributed by atoms with Gasteiger partial charge >= 0.3 is 12.1 Å². The molecule has 0 saturated heterocycles. The van der Waals surface area contributed by atoms with Gasteiger partial charge in [-0.3, -0.25) is 9.59 Å². The second-order valence-corrected chi connectivity index (χ2v) is 11.0. The fourth-order valence-corrected chi connectivity index (χ4v) is 4.70. The molecule has 0 aromatic heterocycles. The topological polar surface area (TPSA) is 134 Å². The Balaban J connectivity index is 1.51. The number of nitrogens with one attached hydrogen (secondary N) is 3. The van der Waals surface area contributed by atoms with E-state index in [4.69, 9.17) is 4.74 Å². The summed E-state index contributed by atoms with van der Waals surface area (Å²) in [7, 11) is 0. The van der Waals surface area contributed by atoms with Crippen LogP contribution in [-0.2, 0) is 25.5 Å². The van der Waals surface area contributed by atoms with E-state index in [1.165, 1.54) is 0 Å². The summed E-state index contributed by atoms with van der Waals surface area (Å²) in [6.45, 7) is 5.72. The molecule has 2 aromatic carbocycles. The summed E-state index contributed by atoms with van der Waals surface area (Å²) in [6, 6.07) is 16.2. The van der Waals surface area contributed by atoms with E-state index >= 15 is 0 Å². The number of hydrogen-bond acceptors (Lipinski definition) is 5. The summed E-state index contributed by atoms with van der Waals surface area (Å²) in [5, 5.41) is 17.9. The maximum Gasteiger partial charge on any atom is 0.408 e. The van der Waals surface area contributed by atoms with Crippen LogP contribution in [-0.4, -0.2) is 47.2 Å². The van der Waals surface area contributed by atoms with Crippen molar-refractivity contribution in [1.29, 1.82) is 0 Å². The van der Waals surface area contributed by atoms with Gasteiger partial charge in [-0.05, 0) is 63.5 Å². The molecule has 0 unspecified atom stereocenters. The monoisotopic (exact) mass is 537 g/mol. The van der Waals surface area contributed by atoms with Crippen LogP contribution >= 0.6 is 0 Å². The number of benzene rings is 2. The molecule has 4 N–H and O–H groups in total. The Kier molecular flexibility index (Phi) is 10.5. The molecule has 0 bridgehead atoms. The summed E-state index contributed by atoms with van der Waals surface area (Å²) in [5.41, 5.74) is 0.754. The Hall–Kier alpha value is -3.88. The first kappa shape index (κ1) is 29.7. The van der Waals surface area contributed by atoms with Crippen molar-refractivity contribution in [3.05, 3.63) is 71.8 Å². The molecule has 2 atom stereocenters. The minimum atomic E-state index is -1.10. The number of rotatable bonds is 10. The Morgan fingerprint density at radius 3 is 2.05 bits per heavy atom. The van der Waals surface area contributed by atoms with Crippen molar-refractivity contribution in [1.82, 2.24) is 16.0 Å². The molecule has 9 nitrogen and oxygen atoms in total. The third-order valence-corrected chi connectivity index (χ3v) is 6.74. The minimum Gasteiger partial charge on any atom is -0.479 e. The first-order valence-electron chi connectivity index (χ1n) is 13.4. The molecule has 0 aliphatic heterocycles. The van der Waals surface area contributed by atoms with Gasteiger partial charge < -0.3 is 25.8 Å². The molecule has 0 radical (unpaired) electrons. The molecule has 210 valence electrons. The lowest BCUT2D eigenvalue weighted by Crippen LogP contribution is -2.50. The molecule has 3 rings (SSSR count). The molecule has 1 fully saturated rings. The fraction of sp³-hybridized carbons (Fsp3) is 0.467. The van der Waals surface area contributed by atoms with Gasteiger partial charge in [0.25, 0.3) is 0 Å². The maximum absolute atomic E-state index is 13.1. The van der Waals surface area contributed by atoms with E-state index in [0.29, 0.717) is 31.4 Å². The molecule has 0 spiro atoms. The summed E-state index contributed by atoms with van der Waals surface area (Å²) in [4.78, 5) is 50.0. The third-order valence-electron chi connectivity index (χ3n) is 6.74. The van der Waals surface area contributed by atoms with E-state index in [9.17, 15) is 24.3 Å². The number of carbonyl (C=O) groups is 4. The molecule has 9 heteroatoms. The van der Waals surface area contributed by atoms with Crippen LogP contribution < -0.4 is 16.0 Å². The first-order valence-corrected chi connectivity index (χ1v) is 13.4. The van der Waals surface area contributed by atoms with Crippen LogP contribution in [0.25, 0.3) is 0 Å². The fourth-order valence-electron chi connectivity index (χ4n) is 4.70. The van der Waals surface area contributed by atoms with Crippen LogP contribution in [0.4, 0.5) is 4.79 Å². The number of alkyl carbamates (subject to hydrolysis) is 1. The molecule has 3 amide bonds. The number of ether oxygens (including phenoxy) is 1. The van der Waals surface area contributed by atoms with E-state index in [2.05, 4.69) is 16.0 Å². The first-order chi connectivity index (χ1) is 18.5. The molecular weight excluding hydrogens is 498 g/mol. The quantitative estimate of drug-likeness (QED) is 0.362. The molecule has 1 saturated carbocycles. The second kappa shape index (κ2) is 13.8. The van der Waals surface area contributed by atoms with Gasteiger partial charge in [0.2, 0.25) is 11.8 Å². The lowest BCUT2D eigenvalue weighted by Gasteiger charge is -2.29. The van der Waals surface area contributed by atoms with Crippen molar-refractivity contribution < 1.29 is 29.0 Å². The van der Waals surface area contributed by atoms with Gasteiger partial charge in [-0.1, -0.05) is 60.7 Å². The van der Waals surface area contributed by atoms with Crippen molar-refractivity contribution in [3.63, 3.8) is 0 Å². The molecule has 1 aliphatic rings. The Morgan fingerprint density at radius 1 is 0.897 bits per heavy atom. The van der Waals surface area contributed by atoms with Crippen molar-refractivity contribution in [3.8, 4) is 0 Å². The van der Waals surface area contributed by atoms with Crippen molar-refractivity contribution in [2.24, 2.45) is 11.8 Å². The average molecular weight is 538 g/mol. The van der Waals surface area contributed by atoms with Crippen molar-refractivity contribution >= 4 is 23.9 Å². The lowest BCUT2D eigenvalue weighted by molar-refractivity contribution is -0.143. The number of carboxylic acids is 1. The molecular formula is C30H39N3O6. The van der Waals surface area contributed by atoms with Crippen LogP contribution in [0.1, 0.15) is 63.6 Å². The smallest absolute Gasteiger partial charge is 0.408 e. The minimum absolute atomic E-state index is 0.182. The molecule has 0 heterocycles. The SMILES string of the molecule is CC(C)(C)OC(=O)N[C@@H](Cc1ccccc1)C(=O)NCC1CCC(C(=O)N[C@@H](C(=O)O)c2ccccc2)CC1. The van der Waals surface area contributed by atoms with Gasteiger partial charge in [-0.25, -0.2) is 9.59 Å². The van der Waals surface area contributed by atoms with Crippen LogP contribution in [0.15, 0.2) is 60.7 Å². The molecule has 1 aliphatic carbocycles. The largest absolute Gasteiger partial charge is 0.479 e. The van der Waals surface area contributed by atoms with E-state index in [1.807, 2.05) is 30.3 Å². The van der Waals surface area contributed by atoms with Crippen LogP contribution in [0.2, 0.25) is 0 Å². The van der Waals surface area contributed by atoms with Gasteiger partial charge in [0.05, 0.1) is 0 Å². The zero-order valence-electron chi connectivity index (χ0n) is 22.8. The zero-order valence-corrected chi connectivity index (χ0v) is 22.8. The van der Waals surface area contributed by atoms with E-state index in [1.54, 1.807) is 51.1 Å². The van der Waals surface area contributed by atoms with Crippen molar-refractivity contribution in [2.45, 2.75) is 70.6 Å². The standard InChI is InChI=1S/C30H39N3O6/c1-30(2,3)39-29(38)32-24(18-20-10-6-4-7-11-20)27(35)31-19-21-14-16-23(17-15-21)26(34)33-25(28(36)37)22-12-8-5-9-13-22/h4-13,21,23-25H,14-19H2,1-3H3,(H,31,35)(H,32,38)(H,33,34)(H,36,37)/t21?,23?,24-,25+/m0/s1. The zero-order chi connectivity index (χ0) is 28.4. The van der Waals surface area contributed by atoms with Gasteiger partial charge in [0, 0.05) is 18.9 Å². The van der Waals surface area contributed by atoms with Crippen LogP contribution in [0.3, 0.4) is 0 Å². The summed E-state index contributed by atoms with van der Waals surface area (Å²) < 4.78 is 5.35. The van der Waals surface area contributed by atoms with Gasteiger partial charge in [-0.15, -0.1) is 0 Å². The van der Waals surface area contributed by atoms with Gasteiger partial charge in [-0.2, -0.15) is 0 Å². The Morgan fingerprint density at radius 2 is 1.49 bits per heavy atom. The predicted molar refractivity (Wildman–Crippen MR) is 147 cm³/mol. The van der Waals surface area contributed by atoms with Gasteiger partial charge in [0.15, 0.2) is 6.04 Å². The predicted octanol–water partition coefficient (Wildman–Crippen LogP) is 3.99. The highest BCUT2D eigenvalue weighted by atomic mass is 16.6. The number of carbonyl (C=O) groups excluding carboxylic acids is 3. The van der Waals surface area contributed by atoms with E-state index in [0.717, 1.165) is 18.4 Å². The van der Waals surface area contributed by atoms with E-state index in [-0.39, 0.29) is 23.7 Å². The van der Waals surface area contributed by atoms with Gasteiger partial charge in [0.1, 0.15) is 11.6 Å². The highest BCUT2D eigenvalue weighted by molar-refractivity contribution is 5.86. The third kappa shape index (κ3) is 9.74. The maximum atomic E-state index is 13.1. The highest BCUT2D eigenvalue weighted by Gasteiger charge is 2.31. The number of amides is 3. The van der Waals surface area contributed by atoms with Crippen LogP contribution in [0.5, 0.6) is 0 Å². The summed E-state index contributed by atoms with van der Waals surface area (Å²) in [6.07, 6.45) is 2.34. The Labute approximate surface area is 229 Å². The molecule has 2 aromatic rings. The van der Waals surface area contributed by atoms with Crippen LogP contribution in [0, 0.1) is 11.8 Å². The average Bonchev–Trinajstić information content (AvgIpc) is 2.90.